The monoisotopic (exact) mass is 828 g/mol. The summed E-state index contributed by atoms with van der Waals surface area (Å²) in [7, 11) is 4.15. The average molecular weight is 829 g/mol. The fraction of sp³-hybridized carbons (Fsp3) is 0.609. The third-order valence-electron chi connectivity index (χ3n) is 15.1. The number of ether oxygens (including phenoxy) is 4. The number of aliphatic hydroxyl groups is 2. The van der Waals surface area contributed by atoms with Gasteiger partial charge in [0, 0.05) is 79.9 Å². The molecule has 1 aliphatic carbocycles. The molecule has 3 saturated heterocycles. The minimum Gasteiger partial charge on any atom is -0.468 e. The predicted octanol–water partition coefficient (Wildman–Crippen LogP) is 3.41. The van der Waals surface area contributed by atoms with Crippen molar-refractivity contribution in [3.05, 3.63) is 71.1 Å². The van der Waals surface area contributed by atoms with Gasteiger partial charge in [0.25, 0.3) is 0 Å². The first-order chi connectivity index (χ1) is 28.8. The number of aromatic nitrogens is 1. The molecular formula is C46H60N4O10. The standard InChI is InChI=1S/C46H60N4O10/c1-7-30-12-11-17-49-19-16-44(39(30)49)33-20-34(37(57-4)21-36(33)50(27-51)40(44)46(56,42(54)59-6)26-60-28(3)52)45(41(53)58-5)23-29-22-43(55,8-2)25-48(24-29)18-15-32-31-13-9-10-14-35(31)47-38(32)45/h9-14,20-21,27,29-30,34,37,39-40,47,55-56H,7-8,15-19,22-26H2,1-6H3/t29?,30-,34?,37?,39-,40+,43-,44?,45-,46?/m0/s1. The summed E-state index contributed by atoms with van der Waals surface area (Å²) in [6.07, 6.45) is 11.2. The number of amides is 1. The summed E-state index contributed by atoms with van der Waals surface area (Å²) in [6, 6.07) is 6.47. The number of para-hydroxylation sites is 1. The van der Waals surface area contributed by atoms with Gasteiger partial charge in [0.05, 0.1) is 32.0 Å². The number of allylic oxidation sites excluding steroid dienone is 1. The van der Waals surface area contributed by atoms with Crippen molar-refractivity contribution in [3.8, 4) is 0 Å². The fourth-order valence-corrected chi connectivity index (χ4v) is 12.7. The summed E-state index contributed by atoms with van der Waals surface area (Å²) < 4.78 is 23.1. The van der Waals surface area contributed by atoms with Crippen molar-refractivity contribution in [2.75, 3.05) is 60.7 Å². The summed E-state index contributed by atoms with van der Waals surface area (Å²) in [6.45, 7) is 7.67. The molecule has 3 N–H and O–H groups in total. The van der Waals surface area contributed by atoms with Crippen molar-refractivity contribution >= 4 is 35.2 Å². The van der Waals surface area contributed by atoms with Gasteiger partial charge in [-0.1, -0.05) is 50.3 Å². The van der Waals surface area contributed by atoms with E-state index in [0.717, 1.165) is 35.7 Å². The Kier molecular flexibility index (Phi) is 11.2. The summed E-state index contributed by atoms with van der Waals surface area (Å²) in [5.41, 5.74) is -2.18. The number of nitrogens with zero attached hydrogens (tertiary/aromatic N) is 3. The van der Waals surface area contributed by atoms with Crippen LogP contribution in [0.5, 0.6) is 0 Å². The van der Waals surface area contributed by atoms with Gasteiger partial charge in [0.15, 0.2) is 0 Å². The molecule has 1 amide bonds. The normalized spacial score (nSPS) is 35.8. The molecule has 6 heterocycles. The van der Waals surface area contributed by atoms with E-state index >= 15 is 4.79 Å². The number of benzene rings is 1. The van der Waals surface area contributed by atoms with Gasteiger partial charge in [-0.15, -0.1) is 0 Å². The predicted molar refractivity (Wildman–Crippen MR) is 221 cm³/mol. The first-order valence-electron chi connectivity index (χ1n) is 21.5. The van der Waals surface area contributed by atoms with E-state index in [0.29, 0.717) is 82.5 Å². The Hall–Kier alpha value is -4.34. The van der Waals surface area contributed by atoms with Crippen LogP contribution >= 0.6 is 0 Å². The maximum Gasteiger partial charge on any atom is 0.343 e. The molecule has 2 aromatic rings. The van der Waals surface area contributed by atoms with Crippen LogP contribution in [-0.4, -0.2) is 144 Å². The van der Waals surface area contributed by atoms with Crippen LogP contribution in [0, 0.1) is 23.2 Å². The lowest BCUT2D eigenvalue weighted by atomic mass is 9.57. The minimum atomic E-state index is -2.49. The zero-order valence-corrected chi connectivity index (χ0v) is 35.6. The van der Waals surface area contributed by atoms with Crippen LogP contribution in [0.15, 0.2) is 59.8 Å². The highest BCUT2D eigenvalue weighted by Crippen LogP contribution is 2.63. The summed E-state index contributed by atoms with van der Waals surface area (Å²) in [5, 5.41) is 25.8. The Balaban J connectivity index is 1.43. The highest BCUT2D eigenvalue weighted by molar-refractivity contribution is 5.91. The van der Waals surface area contributed by atoms with Gasteiger partial charge in [-0.3, -0.25) is 24.2 Å². The molecular weight excluding hydrogens is 769 g/mol. The van der Waals surface area contributed by atoms with E-state index in [1.54, 1.807) is 7.11 Å². The number of piperidine rings is 1. The lowest BCUT2D eigenvalue weighted by Gasteiger charge is -2.49. The van der Waals surface area contributed by atoms with Gasteiger partial charge < -0.3 is 39.0 Å². The minimum absolute atomic E-state index is 0.0496. The Morgan fingerprint density at radius 1 is 1.07 bits per heavy atom. The number of fused-ring (bicyclic) bond motifs is 9. The van der Waals surface area contributed by atoms with Gasteiger partial charge in [-0.25, -0.2) is 4.79 Å². The maximum absolute atomic E-state index is 15.4. The van der Waals surface area contributed by atoms with E-state index in [9.17, 15) is 24.6 Å². The summed E-state index contributed by atoms with van der Waals surface area (Å²) >= 11 is 0. The topological polar surface area (TPSA) is 171 Å². The molecule has 1 aromatic heterocycles. The van der Waals surface area contributed by atoms with Crippen molar-refractivity contribution < 1.29 is 48.3 Å². The van der Waals surface area contributed by atoms with Crippen molar-refractivity contribution in [3.63, 3.8) is 0 Å². The first kappa shape index (κ1) is 42.4. The van der Waals surface area contributed by atoms with Gasteiger partial charge >= 0.3 is 17.9 Å². The third-order valence-corrected chi connectivity index (χ3v) is 15.1. The molecule has 6 aliphatic rings. The Morgan fingerprint density at radius 2 is 1.85 bits per heavy atom. The molecule has 0 saturated carbocycles. The number of likely N-dealkylation sites (tertiary alicyclic amines) is 1. The summed E-state index contributed by atoms with van der Waals surface area (Å²) in [5.74, 6) is -3.10. The molecule has 324 valence electrons. The molecule has 8 rings (SSSR count). The van der Waals surface area contributed by atoms with E-state index < -0.39 is 64.6 Å². The Labute approximate surface area is 351 Å². The van der Waals surface area contributed by atoms with E-state index in [1.165, 1.54) is 18.9 Å². The molecule has 14 nitrogen and oxygen atoms in total. The molecule has 5 aliphatic heterocycles. The average Bonchev–Trinajstić information content (AvgIpc) is 3.93. The molecule has 14 heteroatoms. The second kappa shape index (κ2) is 15.8. The first-order valence-corrected chi connectivity index (χ1v) is 21.5. The Bertz CT molecular complexity index is 2130. The number of methoxy groups -OCH3 is 3. The van der Waals surface area contributed by atoms with Crippen LogP contribution in [0.2, 0.25) is 0 Å². The molecule has 1 aromatic carbocycles. The van der Waals surface area contributed by atoms with E-state index in [4.69, 9.17) is 18.9 Å². The van der Waals surface area contributed by atoms with Gasteiger partial charge in [-0.05, 0) is 80.2 Å². The maximum atomic E-state index is 15.4. The van der Waals surface area contributed by atoms with E-state index in [-0.39, 0.29) is 17.9 Å². The molecule has 0 radical (unpaired) electrons. The van der Waals surface area contributed by atoms with E-state index in [2.05, 4.69) is 46.0 Å². The van der Waals surface area contributed by atoms with Crippen LogP contribution in [0.25, 0.3) is 10.9 Å². The second-order valence-electron chi connectivity index (χ2n) is 18.0. The van der Waals surface area contributed by atoms with Gasteiger partial charge in [0.2, 0.25) is 12.0 Å². The highest BCUT2D eigenvalue weighted by atomic mass is 16.6. The lowest BCUT2D eigenvalue weighted by molar-refractivity contribution is -0.186. The van der Waals surface area contributed by atoms with Crippen LogP contribution in [-0.2, 0) is 50.0 Å². The van der Waals surface area contributed by atoms with Crippen LogP contribution in [0.3, 0.4) is 0 Å². The van der Waals surface area contributed by atoms with Crippen molar-refractivity contribution in [1.82, 2.24) is 19.7 Å². The van der Waals surface area contributed by atoms with Crippen molar-refractivity contribution in [1.29, 1.82) is 0 Å². The number of hydrogen-bond donors (Lipinski definition) is 3. The number of aromatic amines is 1. The second-order valence-corrected chi connectivity index (χ2v) is 18.0. The largest absolute Gasteiger partial charge is 0.468 e. The van der Waals surface area contributed by atoms with E-state index in [1.807, 2.05) is 31.2 Å². The number of rotatable bonds is 10. The third kappa shape index (κ3) is 6.30. The van der Waals surface area contributed by atoms with Crippen molar-refractivity contribution in [2.24, 2.45) is 23.2 Å². The number of H-pyrrole nitrogens is 1. The number of carbonyl (C=O) groups is 4. The number of carbonyl (C=O) groups excluding carboxylic acids is 4. The lowest BCUT2D eigenvalue weighted by Crippen LogP contribution is -2.66. The van der Waals surface area contributed by atoms with Gasteiger partial charge in [-0.2, -0.15) is 0 Å². The molecule has 3 fully saturated rings. The molecule has 2 bridgehead atoms. The molecule has 6 unspecified atom stereocenters. The SMILES string of the molecule is CC[C@H]1C=CCN2CCC3(C4=CC([C@@]5(C(=O)OC)CC6CN(CCc7c5[nH]c5ccccc75)C[C@](O)(CC)C6)C(OC)C=C4N(C=O)[C@H]3C(O)(COC(C)=O)C(=O)OC)[C@H]12. The zero-order chi connectivity index (χ0) is 42.8. The smallest absolute Gasteiger partial charge is 0.343 e. The number of nitrogens with one attached hydrogen (secondary N) is 1. The molecule has 60 heavy (non-hydrogen) atoms. The van der Waals surface area contributed by atoms with Crippen LogP contribution < -0.4 is 0 Å². The number of hydrogen-bond acceptors (Lipinski definition) is 12. The molecule has 1 spiro atoms. The fourth-order valence-electron chi connectivity index (χ4n) is 12.7. The van der Waals surface area contributed by atoms with Crippen LogP contribution in [0.1, 0.15) is 64.1 Å². The zero-order valence-electron chi connectivity index (χ0n) is 35.6. The molecule has 11 atom stereocenters. The summed E-state index contributed by atoms with van der Waals surface area (Å²) in [4.78, 5) is 65.3. The quantitative estimate of drug-likeness (QED) is 0.138. The Morgan fingerprint density at radius 3 is 2.53 bits per heavy atom. The van der Waals surface area contributed by atoms with Crippen LogP contribution in [0.4, 0.5) is 0 Å². The number of esters is 3. The van der Waals surface area contributed by atoms with Crippen molar-refractivity contribution in [2.45, 2.75) is 94.1 Å². The highest BCUT2D eigenvalue weighted by Gasteiger charge is 2.72. The van der Waals surface area contributed by atoms with Gasteiger partial charge in [0.1, 0.15) is 12.0 Å².